The fourth-order valence-electron chi connectivity index (χ4n) is 1.94. The summed E-state index contributed by atoms with van der Waals surface area (Å²) in [4.78, 5) is 16.3. The summed E-state index contributed by atoms with van der Waals surface area (Å²) in [5, 5.41) is 4.71. The number of hydrogen-bond donors (Lipinski definition) is 1. The number of Topliss-reactive ketones (excluding diaryl/α,β-unsaturated/α-hetero) is 1. The van der Waals surface area contributed by atoms with E-state index in [4.69, 9.17) is 9.47 Å². The molecule has 1 aromatic heterocycles. The maximum absolute atomic E-state index is 11.4. The first kappa shape index (κ1) is 16.0. The molecule has 0 aliphatic carbocycles. The molecule has 22 heavy (non-hydrogen) atoms. The molecule has 116 valence electrons. The van der Waals surface area contributed by atoms with Crippen molar-refractivity contribution < 1.29 is 14.3 Å². The van der Waals surface area contributed by atoms with Crippen molar-refractivity contribution >= 4 is 28.5 Å². The first-order valence-electron chi connectivity index (χ1n) is 6.55. The van der Waals surface area contributed by atoms with Gasteiger partial charge in [-0.2, -0.15) is 5.10 Å². The summed E-state index contributed by atoms with van der Waals surface area (Å²) in [7, 11) is 3.16. The first-order chi connectivity index (χ1) is 10.6. The van der Waals surface area contributed by atoms with Gasteiger partial charge in [0.25, 0.3) is 0 Å². The number of benzene rings is 1. The van der Waals surface area contributed by atoms with Crippen LogP contribution in [0.4, 0.5) is 5.13 Å². The van der Waals surface area contributed by atoms with Gasteiger partial charge in [-0.05, 0) is 19.1 Å². The predicted octanol–water partition coefficient (Wildman–Crippen LogP) is 3.12. The van der Waals surface area contributed by atoms with Crippen molar-refractivity contribution in [3.05, 3.63) is 34.3 Å². The van der Waals surface area contributed by atoms with Crippen LogP contribution in [0.25, 0.3) is 0 Å². The molecule has 0 aliphatic heterocycles. The van der Waals surface area contributed by atoms with Gasteiger partial charge in [-0.15, -0.1) is 0 Å². The number of rotatable bonds is 6. The third-order valence-corrected chi connectivity index (χ3v) is 4.08. The van der Waals surface area contributed by atoms with Gasteiger partial charge in [0, 0.05) is 12.5 Å². The predicted molar refractivity (Wildman–Crippen MR) is 87.6 cm³/mol. The monoisotopic (exact) mass is 319 g/mol. The number of methoxy groups -OCH3 is 2. The number of nitrogens with one attached hydrogen (secondary N) is 1. The summed E-state index contributed by atoms with van der Waals surface area (Å²) >= 11 is 1.28. The third kappa shape index (κ3) is 3.43. The lowest BCUT2D eigenvalue weighted by atomic mass is 10.2. The van der Waals surface area contributed by atoms with Gasteiger partial charge in [0.15, 0.2) is 17.3 Å². The number of ether oxygens (including phenoxy) is 2. The minimum Gasteiger partial charge on any atom is -0.493 e. The van der Waals surface area contributed by atoms with Crippen LogP contribution in [0.15, 0.2) is 23.3 Å². The van der Waals surface area contributed by atoms with E-state index in [9.17, 15) is 4.79 Å². The standard InChI is InChI=1S/C15H17N3O3S/c1-9-14(10(2)19)22-15(17-9)18-16-8-11-6-5-7-12(20-3)13(11)21-4/h5-8H,1-4H3,(H,17,18)/b16-8-. The second kappa shape index (κ2) is 7.04. The highest BCUT2D eigenvalue weighted by Crippen LogP contribution is 2.29. The Morgan fingerprint density at radius 2 is 2.14 bits per heavy atom. The van der Waals surface area contributed by atoms with Crippen molar-refractivity contribution in [2.45, 2.75) is 13.8 Å². The molecule has 0 aliphatic rings. The molecule has 0 saturated heterocycles. The summed E-state index contributed by atoms with van der Waals surface area (Å²) in [6.45, 7) is 3.32. The molecular formula is C15H17N3O3S. The lowest BCUT2D eigenvalue weighted by molar-refractivity contribution is 0.102. The van der Waals surface area contributed by atoms with E-state index in [1.54, 1.807) is 27.4 Å². The molecule has 0 bridgehead atoms. The molecule has 0 amide bonds. The Bertz CT molecular complexity index is 710. The topological polar surface area (TPSA) is 72.8 Å². The average Bonchev–Trinajstić information content (AvgIpc) is 2.88. The zero-order valence-electron chi connectivity index (χ0n) is 12.8. The number of hydrogen-bond acceptors (Lipinski definition) is 7. The Hall–Kier alpha value is -2.41. The van der Waals surface area contributed by atoms with Crippen molar-refractivity contribution in [3.63, 3.8) is 0 Å². The summed E-state index contributed by atoms with van der Waals surface area (Å²) in [5.74, 6) is 1.24. The second-order valence-electron chi connectivity index (χ2n) is 4.44. The number of carbonyl (C=O) groups is 1. The summed E-state index contributed by atoms with van der Waals surface area (Å²) in [6, 6.07) is 5.53. The highest BCUT2D eigenvalue weighted by Gasteiger charge is 2.11. The van der Waals surface area contributed by atoms with Crippen molar-refractivity contribution in [2.24, 2.45) is 5.10 Å². The highest BCUT2D eigenvalue weighted by molar-refractivity contribution is 7.17. The minimum atomic E-state index is 0.00138. The molecular weight excluding hydrogens is 302 g/mol. The normalized spacial score (nSPS) is 10.7. The van der Waals surface area contributed by atoms with Crippen molar-refractivity contribution in [1.29, 1.82) is 0 Å². The van der Waals surface area contributed by atoms with Crippen LogP contribution >= 0.6 is 11.3 Å². The van der Waals surface area contributed by atoms with E-state index in [1.807, 2.05) is 18.2 Å². The molecule has 0 atom stereocenters. The van der Waals surface area contributed by atoms with Crippen LogP contribution in [-0.4, -0.2) is 31.2 Å². The quantitative estimate of drug-likeness (QED) is 0.503. The molecule has 2 rings (SSSR count). The number of para-hydroxylation sites is 1. The van der Waals surface area contributed by atoms with Crippen LogP contribution in [-0.2, 0) is 0 Å². The van der Waals surface area contributed by atoms with Crippen LogP contribution in [0.1, 0.15) is 27.9 Å². The number of hydrazone groups is 1. The number of aryl methyl sites for hydroxylation is 1. The minimum absolute atomic E-state index is 0.00138. The molecule has 0 unspecified atom stereocenters. The van der Waals surface area contributed by atoms with E-state index in [0.29, 0.717) is 27.2 Å². The van der Waals surface area contributed by atoms with Crippen molar-refractivity contribution in [1.82, 2.24) is 4.98 Å². The summed E-state index contributed by atoms with van der Waals surface area (Å²) in [5.41, 5.74) is 4.30. The molecule has 0 fully saturated rings. The number of thiazole rings is 1. The van der Waals surface area contributed by atoms with E-state index in [0.717, 1.165) is 5.56 Å². The summed E-state index contributed by atoms with van der Waals surface area (Å²) < 4.78 is 10.6. The Kier molecular flexibility index (Phi) is 5.11. The average molecular weight is 319 g/mol. The fraction of sp³-hybridized carbons (Fsp3) is 0.267. The van der Waals surface area contributed by atoms with E-state index in [1.165, 1.54) is 18.3 Å². The Morgan fingerprint density at radius 3 is 2.73 bits per heavy atom. The van der Waals surface area contributed by atoms with E-state index < -0.39 is 0 Å². The molecule has 7 heteroatoms. The van der Waals surface area contributed by atoms with Gasteiger partial charge in [0.1, 0.15) is 0 Å². The number of carbonyl (C=O) groups excluding carboxylic acids is 1. The van der Waals surface area contributed by atoms with Gasteiger partial charge in [0.05, 0.1) is 31.0 Å². The van der Waals surface area contributed by atoms with Crippen molar-refractivity contribution in [3.8, 4) is 11.5 Å². The SMILES string of the molecule is COc1cccc(/C=N\Nc2nc(C)c(C(C)=O)s2)c1OC. The van der Waals surface area contributed by atoms with Gasteiger partial charge in [-0.25, -0.2) is 4.98 Å². The van der Waals surface area contributed by atoms with Gasteiger partial charge < -0.3 is 9.47 Å². The van der Waals surface area contributed by atoms with Crippen LogP contribution < -0.4 is 14.9 Å². The molecule has 0 spiro atoms. The smallest absolute Gasteiger partial charge is 0.204 e. The molecule has 1 aromatic carbocycles. The lowest BCUT2D eigenvalue weighted by Crippen LogP contribution is -1.96. The van der Waals surface area contributed by atoms with Gasteiger partial charge in [-0.3, -0.25) is 10.2 Å². The number of aromatic nitrogens is 1. The van der Waals surface area contributed by atoms with Crippen LogP contribution in [0.3, 0.4) is 0 Å². The van der Waals surface area contributed by atoms with Crippen LogP contribution in [0, 0.1) is 6.92 Å². The molecule has 2 aromatic rings. The van der Waals surface area contributed by atoms with E-state index >= 15 is 0 Å². The largest absolute Gasteiger partial charge is 0.493 e. The molecule has 0 radical (unpaired) electrons. The van der Waals surface area contributed by atoms with Gasteiger partial charge >= 0.3 is 0 Å². The number of ketones is 1. The van der Waals surface area contributed by atoms with Gasteiger partial charge in [0.2, 0.25) is 5.13 Å². The Labute approximate surface area is 132 Å². The van der Waals surface area contributed by atoms with Crippen molar-refractivity contribution in [2.75, 3.05) is 19.6 Å². The summed E-state index contributed by atoms with van der Waals surface area (Å²) in [6.07, 6.45) is 1.62. The first-order valence-corrected chi connectivity index (χ1v) is 7.37. The Balaban J connectivity index is 2.16. The van der Waals surface area contributed by atoms with Crippen LogP contribution in [0.2, 0.25) is 0 Å². The molecule has 6 nitrogen and oxygen atoms in total. The highest BCUT2D eigenvalue weighted by atomic mass is 32.1. The fourth-order valence-corrected chi connectivity index (χ4v) is 2.75. The molecule has 1 N–H and O–H groups in total. The lowest BCUT2D eigenvalue weighted by Gasteiger charge is -2.09. The molecule has 1 heterocycles. The third-order valence-electron chi connectivity index (χ3n) is 2.91. The second-order valence-corrected chi connectivity index (χ2v) is 5.44. The zero-order valence-corrected chi connectivity index (χ0v) is 13.7. The maximum atomic E-state index is 11.4. The Morgan fingerprint density at radius 1 is 1.36 bits per heavy atom. The van der Waals surface area contributed by atoms with Gasteiger partial charge in [-0.1, -0.05) is 17.4 Å². The molecule has 0 saturated carbocycles. The zero-order chi connectivity index (χ0) is 16.1. The number of nitrogens with zero attached hydrogens (tertiary/aromatic N) is 2. The van der Waals surface area contributed by atoms with E-state index in [-0.39, 0.29) is 5.78 Å². The van der Waals surface area contributed by atoms with Crippen LogP contribution in [0.5, 0.6) is 11.5 Å². The maximum Gasteiger partial charge on any atom is 0.204 e. The van der Waals surface area contributed by atoms with E-state index in [2.05, 4.69) is 15.5 Å². The number of anilines is 1.